The molecule has 0 radical (unpaired) electrons. The summed E-state index contributed by atoms with van der Waals surface area (Å²) in [4.78, 5) is 42.4. The minimum absolute atomic E-state index is 0.172. The van der Waals surface area contributed by atoms with E-state index in [1.165, 1.54) is 0 Å². The molecular formula is C27H32N4O3. The molecule has 4 rings (SSSR count). The summed E-state index contributed by atoms with van der Waals surface area (Å²) in [6, 6.07) is 14.9. The van der Waals surface area contributed by atoms with Gasteiger partial charge >= 0.3 is 0 Å². The van der Waals surface area contributed by atoms with Crippen molar-refractivity contribution in [2.45, 2.75) is 58.0 Å². The fourth-order valence-corrected chi connectivity index (χ4v) is 4.90. The molecule has 2 aromatic carbocycles. The van der Waals surface area contributed by atoms with Gasteiger partial charge in [-0.05, 0) is 48.4 Å². The molecular weight excluding hydrogens is 428 g/mol. The Bertz CT molecular complexity index is 1250. The number of nitrogens with one attached hydrogen (secondary N) is 3. The van der Waals surface area contributed by atoms with Gasteiger partial charge in [0, 0.05) is 23.0 Å². The van der Waals surface area contributed by atoms with E-state index in [1.54, 1.807) is 0 Å². The van der Waals surface area contributed by atoms with Crippen molar-refractivity contribution in [3.8, 4) is 0 Å². The number of nitrogens with two attached hydrogens (primary N) is 1. The fourth-order valence-electron chi connectivity index (χ4n) is 4.90. The molecule has 7 nitrogen and oxygen atoms in total. The number of H-pyrrole nitrogens is 1. The molecule has 1 heterocycles. The van der Waals surface area contributed by atoms with E-state index < -0.39 is 17.5 Å². The lowest BCUT2D eigenvalue weighted by molar-refractivity contribution is -0.136. The van der Waals surface area contributed by atoms with Gasteiger partial charge in [-0.2, -0.15) is 0 Å². The van der Waals surface area contributed by atoms with E-state index in [2.05, 4.69) is 15.6 Å². The molecule has 178 valence electrons. The minimum atomic E-state index is -1.18. The summed E-state index contributed by atoms with van der Waals surface area (Å²) in [6.07, 6.45) is 1.53. The first kappa shape index (κ1) is 23.5. The standard InChI is InChI=1S/C27H32N4O3/c1-16(2)24(25(28)33)30-26(34)27(31-23(32)14-18-9-5-4-8-17(18)3)13-12-22-20(15-27)19-10-6-7-11-21(19)29-22/h4-11,16,24,29H,12-15H2,1-3H3,(H2,28,33)(H,30,34)(H,31,32)/t24-,27+/m0/s1. The quantitative estimate of drug-likeness (QED) is 0.434. The average molecular weight is 461 g/mol. The number of benzene rings is 2. The van der Waals surface area contributed by atoms with Gasteiger partial charge in [0.1, 0.15) is 11.6 Å². The van der Waals surface area contributed by atoms with Gasteiger partial charge in [-0.15, -0.1) is 0 Å². The largest absolute Gasteiger partial charge is 0.368 e. The van der Waals surface area contributed by atoms with Crippen molar-refractivity contribution in [3.05, 3.63) is 70.9 Å². The second-order valence-electron chi connectivity index (χ2n) is 9.64. The number of para-hydroxylation sites is 1. The smallest absolute Gasteiger partial charge is 0.246 e. The number of aromatic nitrogens is 1. The van der Waals surface area contributed by atoms with Crippen LogP contribution in [0, 0.1) is 12.8 Å². The third-order valence-electron chi connectivity index (χ3n) is 6.87. The molecule has 7 heteroatoms. The molecule has 0 aliphatic heterocycles. The SMILES string of the molecule is Cc1ccccc1CC(=O)N[C@]1(C(=O)N[C@H](C(N)=O)C(C)C)CCc2[nH]c3ccccc3c2C1. The Morgan fingerprint density at radius 1 is 1.09 bits per heavy atom. The first-order chi connectivity index (χ1) is 16.2. The molecule has 34 heavy (non-hydrogen) atoms. The predicted octanol–water partition coefficient (Wildman–Crippen LogP) is 2.69. The number of aryl methyl sites for hydroxylation is 2. The molecule has 0 saturated heterocycles. The second kappa shape index (κ2) is 9.33. The normalized spacial score (nSPS) is 18.4. The number of amides is 3. The van der Waals surface area contributed by atoms with Crippen LogP contribution >= 0.6 is 0 Å². The Balaban J connectivity index is 1.68. The van der Waals surface area contributed by atoms with Gasteiger partial charge in [0.25, 0.3) is 0 Å². The van der Waals surface area contributed by atoms with Crippen LogP contribution in [-0.2, 0) is 33.6 Å². The number of hydrogen-bond donors (Lipinski definition) is 4. The van der Waals surface area contributed by atoms with Crippen molar-refractivity contribution in [1.82, 2.24) is 15.6 Å². The number of carbonyl (C=O) groups excluding carboxylic acids is 3. The number of aromatic amines is 1. The van der Waals surface area contributed by atoms with Gasteiger partial charge in [0.15, 0.2) is 0 Å². The van der Waals surface area contributed by atoms with Crippen LogP contribution in [0.5, 0.6) is 0 Å². The van der Waals surface area contributed by atoms with E-state index in [1.807, 2.05) is 69.3 Å². The van der Waals surface area contributed by atoms with Crippen molar-refractivity contribution in [2.24, 2.45) is 11.7 Å². The van der Waals surface area contributed by atoms with Crippen LogP contribution in [0.15, 0.2) is 48.5 Å². The summed E-state index contributed by atoms with van der Waals surface area (Å²) >= 11 is 0. The van der Waals surface area contributed by atoms with E-state index in [0.717, 1.165) is 33.3 Å². The molecule has 1 aliphatic rings. The van der Waals surface area contributed by atoms with Gasteiger partial charge in [0.05, 0.1) is 6.42 Å². The molecule has 0 fully saturated rings. The van der Waals surface area contributed by atoms with Crippen molar-refractivity contribution in [3.63, 3.8) is 0 Å². The Morgan fingerprint density at radius 3 is 2.50 bits per heavy atom. The summed E-state index contributed by atoms with van der Waals surface area (Å²) in [5.74, 6) is -1.37. The lowest BCUT2D eigenvalue weighted by atomic mass is 9.78. The van der Waals surface area contributed by atoms with Crippen LogP contribution in [0.3, 0.4) is 0 Å². The molecule has 0 unspecified atom stereocenters. The summed E-state index contributed by atoms with van der Waals surface area (Å²) in [5.41, 5.74) is 9.43. The van der Waals surface area contributed by atoms with Crippen LogP contribution in [-0.4, -0.2) is 34.3 Å². The van der Waals surface area contributed by atoms with E-state index >= 15 is 0 Å². The molecule has 2 atom stereocenters. The van der Waals surface area contributed by atoms with E-state index in [0.29, 0.717) is 19.3 Å². The molecule has 1 aromatic heterocycles. The van der Waals surface area contributed by atoms with Crippen LogP contribution in [0.4, 0.5) is 0 Å². The number of carbonyl (C=O) groups is 3. The highest BCUT2D eigenvalue weighted by atomic mass is 16.2. The zero-order valence-electron chi connectivity index (χ0n) is 19.9. The molecule has 3 aromatic rings. The van der Waals surface area contributed by atoms with Gasteiger partial charge in [-0.3, -0.25) is 14.4 Å². The van der Waals surface area contributed by atoms with Gasteiger partial charge in [0.2, 0.25) is 17.7 Å². The Hall–Kier alpha value is -3.61. The lowest BCUT2D eigenvalue weighted by Gasteiger charge is -2.38. The van der Waals surface area contributed by atoms with Crippen LogP contribution in [0.2, 0.25) is 0 Å². The van der Waals surface area contributed by atoms with E-state index in [4.69, 9.17) is 5.73 Å². The molecule has 0 saturated carbocycles. The van der Waals surface area contributed by atoms with Crippen molar-refractivity contribution in [2.75, 3.05) is 0 Å². The molecule has 0 spiro atoms. The summed E-state index contributed by atoms with van der Waals surface area (Å²) < 4.78 is 0. The average Bonchev–Trinajstić information content (AvgIpc) is 3.16. The maximum absolute atomic E-state index is 13.7. The maximum Gasteiger partial charge on any atom is 0.246 e. The van der Waals surface area contributed by atoms with Gasteiger partial charge in [-0.25, -0.2) is 0 Å². The van der Waals surface area contributed by atoms with Crippen molar-refractivity contribution in [1.29, 1.82) is 0 Å². The fraction of sp³-hybridized carbons (Fsp3) is 0.370. The minimum Gasteiger partial charge on any atom is -0.368 e. The van der Waals surface area contributed by atoms with Crippen molar-refractivity contribution >= 4 is 28.6 Å². The number of fused-ring (bicyclic) bond motifs is 3. The summed E-state index contributed by atoms with van der Waals surface area (Å²) in [6.45, 7) is 5.62. The molecule has 5 N–H and O–H groups in total. The van der Waals surface area contributed by atoms with E-state index in [-0.39, 0.29) is 24.2 Å². The highest BCUT2D eigenvalue weighted by Gasteiger charge is 2.45. The second-order valence-corrected chi connectivity index (χ2v) is 9.64. The highest BCUT2D eigenvalue weighted by molar-refractivity contribution is 5.97. The third kappa shape index (κ3) is 4.55. The molecule has 1 aliphatic carbocycles. The van der Waals surface area contributed by atoms with Crippen LogP contribution in [0.1, 0.15) is 42.7 Å². The highest BCUT2D eigenvalue weighted by Crippen LogP contribution is 2.34. The lowest BCUT2D eigenvalue weighted by Crippen LogP contribution is -2.64. The maximum atomic E-state index is 13.7. The zero-order chi connectivity index (χ0) is 24.5. The first-order valence-corrected chi connectivity index (χ1v) is 11.7. The number of hydrogen-bond acceptors (Lipinski definition) is 3. The Labute approximate surface area is 199 Å². The summed E-state index contributed by atoms with van der Waals surface area (Å²) in [7, 11) is 0. The molecule has 3 amide bonds. The number of primary amides is 1. The van der Waals surface area contributed by atoms with Crippen molar-refractivity contribution < 1.29 is 14.4 Å². The monoisotopic (exact) mass is 460 g/mol. The zero-order valence-corrected chi connectivity index (χ0v) is 19.9. The van der Waals surface area contributed by atoms with Crippen LogP contribution in [0.25, 0.3) is 10.9 Å². The first-order valence-electron chi connectivity index (χ1n) is 11.7. The van der Waals surface area contributed by atoms with Crippen LogP contribution < -0.4 is 16.4 Å². The third-order valence-corrected chi connectivity index (χ3v) is 6.87. The number of rotatable bonds is 7. The van der Waals surface area contributed by atoms with Gasteiger partial charge < -0.3 is 21.4 Å². The predicted molar refractivity (Wildman–Crippen MR) is 132 cm³/mol. The Morgan fingerprint density at radius 2 is 1.79 bits per heavy atom. The van der Waals surface area contributed by atoms with E-state index in [9.17, 15) is 14.4 Å². The summed E-state index contributed by atoms with van der Waals surface area (Å²) in [5, 5.41) is 6.95. The van der Waals surface area contributed by atoms with Gasteiger partial charge in [-0.1, -0.05) is 56.3 Å². The Kier molecular flexibility index (Phi) is 6.46. The topological polar surface area (TPSA) is 117 Å². The molecule has 0 bridgehead atoms.